The zero-order valence-corrected chi connectivity index (χ0v) is 9.72. The second kappa shape index (κ2) is 4.79. The maximum atomic E-state index is 4.32. The van der Waals surface area contributed by atoms with Crippen LogP contribution in [0.2, 0.25) is 0 Å². The molecular weight excluding hydrogens is 196 g/mol. The third kappa shape index (κ3) is 2.60. The highest BCUT2D eigenvalue weighted by Gasteiger charge is 1.98. The molecular formula is C14H16N2. The number of hydrogen-bond donors (Lipinski definition) is 0. The molecule has 0 unspecified atom stereocenters. The Morgan fingerprint density at radius 3 is 2.31 bits per heavy atom. The minimum Gasteiger partial charge on any atom is -0.378 e. The molecule has 0 aliphatic carbocycles. The Labute approximate surface area is 96.6 Å². The van der Waals surface area contributed by atoms with Crippen LogP contribution in [0.1, 0.15) is 11.3 Å². The Morgan fingerprint density at radius 2 is 1.75 bits per heavy atom. The molecule has 0 spiro atoms. The van der Waals surface area contributed by atoms with Crippen LogP contribution in [0.15, 0.2) is 48.7 Å². The van der Waals surface area contributed by atoms with Crippen LogP contribution in [0.4, 0.5) is 5.69 Å². The highest BCUT2D eigenvalue weighted by atomic mass is 15.1. The smallest absolute Gasteiger partial charge is 0.0447 e. The third-order valence-corrected chi connectivity index (χ3v) is 2.56. The first-order valence-electron chi connectivity index (χ1n) is 5.42. The van der Waals surface area contributed by atoms with Crippen LogP contribution in [0.3, 0.4) is 0 Å². The Bertz CT molecular complexity index is 432. The van der Waals surface area contributed by atoms with Gasteiger partial charge in [0.1, 0.15) is 0 Å². The van der Waals surface area contributed by atoms with E-state index in [9.17, 15) is 0 Å². The molecule has 0 fully saturated rings. The van der Waals surface area contributed by atoms with Crippen molar-refractivity contribution in [1.82, 2.24) is 4.98 Å². The van der Waals surface area contributed by atoms with Crippen LogP contribution in [0.5, 0.6) is 0 Å². The molecule has 2 nitrogen and oxygen atoms in total. The van der Waals surface area contributed by atoms with Crippen LogP contribution in [0.25, 0.3) is 0 Å². The summed E-state index contributed by atoms with van der Waals surface area (Å²) in [6.07, 6.45) is 2.73. The van der Waals surface area contributed by atoms with E-state index in [0.717, 1.165) is 12.1 Å². The molecule has 82 valence electrons. The SMILES string of the molecule is CN(C)c1ccc(Cc2ccccn2)cc1. The first-order valence-corrected chi connectivity index (χ1v) is 5.42. The minimum atomic E-state index is 0.897. The molecule has 0 amide bonds. The fourth-order valence-corrected chi connectivity index (χ4v) is 1.62. The molecule has 0 bridgehead atoms. The molecule has 1 aromatic carbocycles. The second-order valence-corrected chi connectivity index (χ2v) is 4.06. The maximum Gasteiger partial charge on any atom is 0.0447 e. The molecule has 0 aliphatic heterocycles. The van der Waals surface area contributed by atoms with Crippen molar-refractivity contribution in [2.24, 2.45) is 0 Å². The minimum absolute atomic E-state index is 0.897. The van der Waals surface area contributed by atoms with E-state index in [-0.39, 0.29) is 0 Å². The highest BCUT2D eigenvalue weighted by Crippen LogP contribution is 2.14. The average Bonchev–Trinajstić information content (AvgIpc) is 2.31. The predicted octanol–water partition coefficient (Wildman–Crippen LogP) is 2.74. The van der Waals surface area contributed by atoms with Crippen molar-refractivity contribution >= 4 is 5.69 Å². The summed E-state index contributed by atoms with van der Waals surface area (Å²) in [4.78, 5) is 6.42. The Hall–Kier alpha value is -1.83. The standard InChI is InChI=1S/C14H16N2/c1-16(2)14-8-6-12(7-9-14)11-13-5-3-4-10-15-13/h3-10H,11H2,1-2H3. The zero-order valence-electron chi connectivity index (χ0n) is 9.72. The van der Waals surface area contributed by atoms with Crippen LogP contribution >= 0.6 is 0 Å². The number of pyridine rings is 1. The fourth-order valence-electron chi connectivity index (χ4n) is 1.62. The van der Waals surface area contributed by atoms with E-state index in [1.165, 1.54) is 11.3 Å². The summed E-state index contributed by atoms with van der Waals surface area (Å²) >= 11 is 0. The lowest BCUT2D eigenvalue weighted by Crippen LogP contribution is -2.08. The quantitative estimate of drug-likeness (QED) is 0.777. The van der Waals surface area contributed by atoms with Gasteiger partial charge < -0.3 is 4.90 Å². The molecule has 2 heteroatoms. The van der Waals surface area contributed by atoms with Crippen molar-refractivity contribution in [3.8, 4) is 0 Å². The number of anilines is 1. The third-order valence-electron chi connectivity index (χ3n) is 2.56. The van der Waals surface area contributed by atoms with E-state index in [1.807, 2.05) is 32.4 Å². The summed E-state index contributed by atoms with van der Waals surface area (Å²) in [5.41, 5.74) is 3.63. The van der Waals surface area contributed by atoms with Gasteiger partial charge in [0.05, 0.1) is 0 Å². The van der Waals surface area contributed by atoms with Crippen molar-refractivity contribution in [2.75, 3.05) is 19.0 Å². The summed E-state index contributed by atoms with van der Waals surface area (Å²) in [5, 5.41) is 0. The molecule has 2 aromatic rings. The van der Waals surface area contributed by atoms with E-state index in [2.05, 4.69) is 40.2 Å². The van der Waals surface area contributed by atoms with E-state index in [0.29, 0.717) is 0 Å². The van der Waals surface area contributed by atoms with Gasteiger partial charge in [0.2, 0.25) is 0 Å². The summed E-state index contributed by atoms with van der Waals surface area (Å²) in [5.74, 6) is 0. The van der Waals surface area contributed by atoms with E-state index in [1.54, 1.807) is 0 Å². The average molecular weight is 212 g/mol. The molecule has 1 heterocycles. The first-order chi connectivity index (χ1) is 7.75. The van der Waals surface area contributed by atoms with Crippen molar-refractivity contribution in [3.05, 3.63) is 59.9 Å². The molecule has 2 rings (SSSR count). The van der Waals surface area contributed by atoms with Crippen molar-refractivity contribution in [1.29, 1.82) is 0 Å². The Morgan fingerprint density at radius 1 is 1.00 bits per heavy atom. The van der Waals surface area contributed by atoms with Crippen molar-refractivity contribution in [2.45, 2.75) is 6.42 Å². The Kier molecular flexibility index (Phi) is 3.20. The van der Waals surface area contributed by atoms with Gasteiger partial charge in [-0.05, 0) is 29.8 Å². The van der Waals surface area contributed by atoms with Crippen LogP contribution in [-0.4, -0.2) is 19.1 Å². The predicted molar refractivity (Wildman–Crippen MR) is 67.8 cm³/mol. The van der Waals surface area contributed by atoms with Gasteiger partial charge in [-0.1, -0.05) is 18.2 Å². The van der Waals surface area contributed by atoms with Gasteiger partial charge in [-0.3, -0.25) is 4.98 Å². The van der Waals surface area contributed by atoms with Crippen molar-refractivity contribution < 1.29 is 0 Å². The second-order valence-electron chi connectivity index (χ2n) is 4.06. The molecule has 0 N–H and O–H groups in total. The largest absolute Gasteiger partial charge is 0.378 e. The van der Waals surface area contributed by atoms with Gasteiger partial charge >= 0.3 is 0 Å². The lowest BCUT2D eigenvalue weighted by atomic mass is 10.1. The Balaban J connectivity index is 2.11. The molecule has 0 saturated carbocycles. The molecule has 0 radical (unpaired) electrons. The monoisotopic (exact) mass is 212 g/mol. The maximum absolute atomic E-state index is 4.32. The molecule has 0 aliphatic rings. The van der Waals surface area contributed by atoms with E-state index < -0.39 is 0 Å². The van der Waals surface area contributed by atoms with Gasteiger partial charge in [-0.15, -0.1) is 0 Å². The lowest BCUT2D eigenvalue weighted by molar-refractivity contribution is 1.07. The molecule has 0 saturated heterocycles. The lowest BCUT2D eigenvalue weighted by Gasteiger charge is -2.12. The van der Waals surface area contributed by atoms with Gasteiger partial charge in [-0.2, -0.15) is 0 Å². The van der Waals surface area contributed by atoms with E-state index >= 15 is 0 Å². The van der Waals surface area contributed by atoms with Crippen molar-refractivity contribution in [3.63, 3.8) is 0 Å². The number of aromatic nitrogens is 1. The van der Waals surface area contributed by atoms with Crippen LogP contribution in [0, 0.1) is 0 Å². The van der Waals surface area contributed by atoms with Crippen LogP contribution in [-0.2, 0) is 6.42 Å². The number of nitrogens with zero attached hydrogens (tertiary/aromatic N) is 2. The van der Waals surface area contributed by atoms with Gasteiger partial charge in [-0.25, -0.2) is 0 Å². The summed E-state index contributed by atoms with van der Waals surface area (Å²) in [6.45, 7) is 0. The number of rotatable bonds is 3. The first kappa shape index (κ1) is 10.7. The number of hydrogen-bond acceptors (Lipinski definition) is 2. The molecule has 1 aromatic heterocycles. The number of benzene rings is 1. The normalized spacial score (nSPS) is 10.1. The highest BCUT2D eigenvalue weighted by molar-refractivity contribution is 5.46. The topological polar surface area (TPSA) is 16.1 Å². The van der Waals surface area contributed by atoms with Gasteiger partial charge in [0.25, 0.3) is 0 Å². The van der Waals surface area contributed by atoms with Gasteiger partial charge in [0.15, 0.2) is 0 Å². The summed E-state index contributed by atoms with van der Waals surface area (Å²) < 4.78 is 0. The fraction of sp³-hybridized carbons (Fsp3) is 0.214. The van der Waals surface area contributed by atoms with Crippen LogP contribution < -0.4 is 4.90 Å². The molecule has 0 atom stereocenters. The summed E-state index contributed by atoms with van der Waals surface area (Å²) in [6, 6.07) is 14.6. The van der Waals surface area contributed by atoms with E-state index in [4.69, 9.17) is 0 Å². The van der Waals surface area contributed by atoms with Gasteiger partial charge in [0, 0.05) is 38.1 Å². The zero-order chi connectivity index (χ0) is 11.4. The molecule has 16 heavy (non-hydrogen) atoms. The summed E-state index contributed by atoms with van der Waals surface area (Å²) in [7, 11) is 4.10.